The van der Waals surface area contributed by atoms with Crippen molar-refractivity contribution in [1.29, 1.82) is 0 Å². The molecule has 0 atom stereocenters. The number of nitrogens with zero attached hydrogens (tertiary/aromatic N) is 1. The minimum atomic E-state index is -0.118. The molecule has 134 valence electrons. The fraction of sp³-hybridized carbons (Fsp3) is 0. The molecule has 0 bridgehead atoms. The predicted octanol–water partition coefficient (Wildman–Crippen LogP) is 5.15. The van der Waals surface area contributed by atoms with Crippen molar-refractivity contribution in [2.75, 3.05) is 5.32 Å². The monoisotopic (exact) mass is 440 g/mol. The third-order valence-electron chi connectivity index (χ3n) is 3.97. The van der Waals surface area contributed by atoms with E-state index in [-0.39, 0.29) is 32.8 Å². The first kappa shape index (κ1) is 19.1. The summed E-state index contributed by atoms with van der Waals surface area (Å²) in [5.74, 6) is -0.118. The molecule has 0 aliphatic carbocycles. The van der Waals surface area contributed by atoms with Crippen LogP contribution < -0.4 is 5.32 Å². The number of rotatable bonds is 4. The van der Waals surface area contributed by atoms with Gasteiger partial charge in [-0.3, -0.25) is 0 Å². The van der Waals surface area contributed by atoms with Crippen LogP contribution in [0.25, 0.3) is 21.3 Å². The average molecular weight is 440 g/mol. The van der Waals surface area contributed by atoms with Crippen molar-refractivity contribution < 1.29 is 4.79 Å². The van der Waals surface area contributed by atoms with Crippen molar-refractivity contribution in [3.8, 4) is 21.3 Å². The van der Waals surface area contributed by atoms with Crippen LogP contribution in [-0.4, -0.2) is 25.4 Å². The number of halogens is 1. The summed E-state index contributed by atoms with van der Waals surface area (Å²) in [5.41, 5.74) is 3.80. The van der Waals surface area contributed by atoms with E-state index < -0.39 is 0 Å². The van der Waals surface area contributed by atoms with Crippen molar-refractivity contribution >= 4 is 37.5 Å². The van der Waals surface area contributed by atoms with Crippen LogP contribution >= 0.6 is 12.4 Å². The average Bonchev–Trinajstić information content (AvgIpc) is 3.14. The van der Waals surface area contributed by atoms with E-state index >= 15 is 0 Å². The quantitative estimate of drug-likeness (QED) is 0.447. The number of nitrogens with one attached hydrogen (secondary N) is 1. The summed E-state index contributed by atoms with van der Waals surface area (Å²) in [6, 6.07) is 29.6. The Kier molecular flexibility index (Phi) is 6.25. The summed E-state index contributed by atoms with van der Waals surface area (Å²) < 4.78 is 1.93. The van der Waals surface area contributed by atoms with E-state index in [0.717, 1.165) is 21.5 Å². The van der Waals surface area contributed by atoms with Gasteiger partial charge in [-0.05, 0) is 0 Å². The third-order valence-corrected chi connectivity index (χ3v) is 6.11. The summed E-state index contributed by atoms with van der Waals surface area (Å²) in [7, 11) is 0. The first-order valence-electron chi connectivity index (χ1n) is 8.29. The van der Waals surface area contributed by atoms with Gasteiger partial charge in [0.15, 0.2) is 0 Å². The van der Waals surface area contributed by atoms with Gasteiger partial charge in [-0.1, -0.05) is 0 Å². The van der Waals surface area contributed by atoms with Gasteiger partial charge in [0.2, 0.25) is 0 Å². The number of aromatic nitrogens is 1. The van der Waals surface area contributed by atoms with E-state index in [2.05, 4.69) is 29.6 Å². The van der Waals surface area contributed by atoms with Crippen molar-refractivity contribution in [1.82, 2.24) is 4.98 Å². The molecule has 0 spiro atoms. The molecule has 1 heterocycles. The first-order chi connectivity index (χ1) is 12.8. The van der Waals surface area contributed by atoms with Gasteiger partial charge in [-0.25, -0.2) is 0 Å². The van der Waals surface area contributed by atoms with Crippen molar-refractivity contribution in [2.45, 2.75) is 0 Å². The van der Waals surface area contributed by atoms with Crippen molar-refractivity contribution in [2.24, 2.45) is 0 Å². The van der Waals surface area contributed by atoms with Crippen LogP contribution in [0.15, 0.2) is 91.0 Å². The van der Waals surface area contributed by atoms with Gasteiger partial charge in [-0.15, -0.1) is 12.4 Å². The Bertz CT molecular complexity index is 961. The van der Waals surface area contributed by atoms with E-state index in [1.165, 1.54) is 4.44 Å². The van der Waals surface area contributed by atoms with Gasteiger partial charge < -0.3 is 0 Å². The fourth-order valence-electron chi connectivity index (χ4n) is 2.71. The molecule has 0 saturated carbocycles. The van der Waals surface area contributed by atoms with Gasteiger partial charge in [0.05, 0.1) is 0 Å². The van der Waals surface area contributed by atoms with E-state index in [1.807, 2.05) is 66.7 Å². The fourth-order valence-corrected chi connectivity index (χ4v) is 4.78. The molecular weight excluding hydrogens is 423 g/mol. The second kappa shape index (κ2) is 8.83. The summed E-state index contributed by atoms with van der Waals surface area (Å²) in [4.78, 5) is 17.3. The van der Waals surface area contributed by atoms with Crippen LogP contribution in [0.2, 0.25) is 0 Å². The van der Waals surface area contributed by atoms with Gasteiger partial charge in [0.1, 0.15) is 0 Å². The second-order valence-electron chi connectivity index (χ2n) is 5.75. The molecule has 0 aliphatic rings. The van der Waals surface area contributed by atoms with E-state index in [4.69, 9.17) is 4.98 Å². The number of carbonyl (C=O) groups is 1. The molecule has 1 aromatic heterocycles. The van der Waals surface area contributed by atoms with Crippen LogP contribution in [0, 0.1) is 0 Å². The van der Waals surface area contributed by atoms with Crippen LogP contribution in [0.1, 0.15) is 10.4 Å². The number of hydrogen-bond donors (Lipinski definition) is 1. The maximum absolute atomic E-state index is 12.5. The maximum atomic E-state index is 12.5. The summed E-state index contributed by atoms with van der Waals surface area (Å²) >= 11 is -0.0586. The number of benzene rings is 3. The zero-order chi connectivity index (χ0) is 17.8. The van der Waals surface area contributed by atoms with Gasteiger partial charge >= 0.3 is 158 Å². The zero-order valence-electron chi connectivity index (χ0n) is 14.3. The number of hydrogen-bond acceptors (Lipinski definition) is 2. The minimum absolute atomic E-state index is 0. The van der Waals surface area contributed by atoms with E-state index in [9.17, 15) is 4.79 Å². The molecule has 0 radical (unpaired) electrons. The van der Waals surface area contributed by atoms with Crippen molar-refractivity contribution in [3.05, 3.63) is 96.6 Å². The Labute approximate surface area is 170 Å². The molecule has 4 aromatic rings. The normalized spacial score (nSPS) is 10.1. The van der Waals surface area contributed by atoms with Crippen LogP contribution in [0.5, 0.6) is 0 Å². The Morgan fingerprint density at radius 3 is 1.85 bits per heavy atom. The first-order valence-corrected chi connectivity index (χ1v) is 10.0. The summed E-state index contributed by atoms with van der Waals surface area (Å²) in [6.07, 6.45) is 0. The van der Waals surface area contributed by atoms with Crippen molar-refractivity contribution in [3.63, 3.8) is 0 Å². The molecule has 3 nitrogen and oxygen atoms in total. The van der Waals surface area contributed by atoms with Crippen LogP contribution in [0.4, 0.5) is 4.69 Å². The second-order valence-corrected chi connectivity index (χ2v) is 7.85. The SMILES string of the molecule is Cl.O=C(Nc1nc(-c2ccccc2)c(-c2ccccc2)[se]1)c1ccccc1. The van der Waals surface area contributed by atoms with E-state index in [0.29, 0.717) is 5.56 Å². The van der Waals surface area contributed by atoms with Gasteiger partial charge in [0, 0.05) is 0 Å². The van der Waals surface area contributed by atoms with Gasteiger partial charge in [-0.2, -0.15) is 0 Å². The number of amides is 1. The molecule has 27 heavy (non-hydrogen) atoms. The molecule has 1 amide bonds. The summed E-state index contributed by atoms with van der Waals surface area (Å²) in [6.45, 7) is 0. The third kappa shape index (κ3) is 4.37. The molecule has 1 N–H and O–H groups in total. The van der Waals surface area contributed by atoms with Crippen LogP contribution in [-0.2, 0) is 0 Å². The Morgan fingerprint density at radius 1 is 0.741 bits per heavy atom. The summed E-state index contributed by atoms with van der Waals surface area (Å²) in [5, 5.41) is 2.99. The molecule has 0 aliphatic heterocycles. The van der Waals surface area contributed by atoms with Gasteiger partial charge in [0.25, 0.3) is 0 Å². The Morgan fingerprint density at radius 2 is 1.26 bits per heavy atom. The van der Waals surface area contributed by atoms with Crippen LogP contribution in [0.3, 0.4) is 0 Å². The Hall–Kier alpha value is -2.65. The van der Waals surface area contributed by atoms with E-state index in [1.54, 1.807) is 0 Å². The molecular formula is C22H17ClN2OSe. The molecule has 5 heteroatoms. The number of carbonyl (C=O) groups excluding carboxylic acids is 1. The molecule has 4 rings (SSSR count). The molecule has 0 saturated heterocycles. The molecule has 3 aromatic carbocycles. The molecule has 0 unspecified atom stereocenters. The number of anilines is 1. The Balaban J connectivity index is 0.00000210. The standard InChI is InChI=1S/C22H16N2OSe.ClH/c25-21(18-14-8-3-9-15-18)24-22-23-19(16-10-4-1-5-11-16)20(26-22)17-12-6-2-7-13-17;/h1-15H,(H,23,24,25);1H. The predicted molar refractivity (Wildman–Crippen MR) is 114 cm³/mol. The topological polar surface area (TPSA) is 42.0 Å². The zero-order valence-corrected chi connectivity index (χ0v) is 16.9. The molecule has 0 fully saturated rings.